The molecule has 0 aliphatic carbocycles. The summed E-state index contributed by atoms with van der Waals surface area (Å²) in [5.41, 5.74) is 1.82. The Morgan fingerprint density at radius 1 is 1.17 bits per heavy atom. The smallest absolute Gasteiger partial charge is 0.270 e. The van der Waals surface area contributed by atoms with Gasteiger partial charge in [0.15, 0.2) is 16.6 Å². The molecule has 124 valence electrons. The maximum absolute atomic E-state index is 10.8. The number of non-ortho nitro benzene ring substituents is 1. The number of aromatic nitrogens is 1. The van der Waals surface area contributed by atoms with Crippen molar-refractivity contribution < 1.29 is 14.4 Å². The van der Waals surface area contributed by atoms with Crippen LogP contribution in [0, 0.1) is 10.1 Å². The third kappa shape index (κ3) is 3.23. The second-order valence-electron chi connectivity index (χ2n) is 4.97. The lowest BCUT2D eigenvalue weighted by atomic mass is 10.2. The number of thiazole rings is 1. The molecule has 3 aromatic rings. The maximum Gasteiger partial charge on any atom is 0.270 e. The summed E-state index contributed by atoms with van der Waals surface area (Å²) >= 11 is 1.38. The zero-order valence-electron chi connectivity index (χ0n) is 13.1. The first-order valence-corrected chi connectivity index (χ1v) is 7.92. The first kappa shape index (κ1) is 16.0. The fourth-order valence-corrected chi connectivity index (χ4v) is 3.17. The molecule has 0 atom stereocenters. The molecule has 0 saturated carbocycles. The fourth-order valence-electron chi connectivity index (χ4n) is 2.27. The van der Waals surface area contributed by atoms with Gasteiger partial charge in [-0.1, -0.05) is 17.4 Å². The predicted octanol–water partition coefficient (Wildman–Crippen LogP) is 3.83. The van der Waals surface area contributed by atoms with E-state index >= 15 is 0 Å². The third-order valence-corrected chi connectivity index (χ3v) is 4.45. The van der Waals surface area contributed by atoms with E-state index in [9.17, 15) is 10.1 Å². The normalized spacial score (nSPS) is 10.6. The number of nitrogens with zero attached hydrogens (tertiary/aromatic N) is 2. The van der Waals surface area contributed by atoms with Crippen LogP contribution in [0.2, 0.25) is 0 Å². The molecular formula is C16H15N3O4S. The SMILES string of the molecule is COc1ccc(CNc2nc3ccc([N+](=O)[O-])cc3s2)cc1OC. The van der Waals surface area contributed by atoms with Gasteiger partial charge in [-0.3, -0.25) is 10.1 Å². The van der Waals surface area contributed by atoms with Crippen molar-refractivity contribution in [1.29, 1.82) is 0 Å². The average molecular weight is 345 g/mol. The van der Waals surface area contributed by atoms with Crippen molar-refractivity contribution in [1.82, 2.24) is 4.98 Å². The molecule has 1 N–H and O–H groups in total. The molecular weight excluding hydrogens is 330 g/mol. The molecule has 0 amide bonds. The highest BCUT2D eigenvalue weighted by atomic mass is 32.1. The minimum Gasteiger partial charge on any atom is -0.493 e. The molecule has 8 heteroatoms. The Hall–Kier alpha value is -2.87. The summed E-state index contributed by atoms with van der Waals surface area (Å²) in [6.07, 6.45) is 0. The number of fused-ring (bicyclic) bond motifs is 1. The Labute approximate surface area is 142 Å². The Bertz CT molecular complexity index is 894. The first-order chi connectivity index (χ1) is 11.6. The van der Waals surface area contributed by atoms with E-state index in [-0.39, 0.29) is 5.69 Å². The highest BCUT2D eigenvalue weighted by Crippen LogP contribution is 2.30. The van der Waals surface area contributed by atoms with Crippen LogP contribution in [0.15, 0.2) is 36.4 Å². The number of nitro benzene ring substituents is 1. The van der Waals surface area contributed by atoms with Gasteiger partial charge in [0.1, 0.15) is 0 Å². The molecule has 2 aromatic carbocycles. The summed E-state index contributed by atoms with van der Waals surface area (Å²) < 4.78 is 11.3. The Balaban J connectivity index is 1.77. The summed E-state index contributed by atoms with van der Waals surface area (Å²) in [7, 11) is 3.19. The van der Waals surface area contributed by atoms with Crippen LogP contribution < -0.4 is 14.8 Å². The number of ether oxygens (including phenoxy) is 2. The average Bonchev–Trinajstić information content (AvgIpc) is 3.01. The number of methoxy groups -OCH3 is 2. The maximum atomic E-state index is 10.8. The molecule has 24 heavy (non-hydrogen) atoms. The lowest BCUT2D eigenvalue weighted by Crippen LogP contribution is -2.00. The van der Waals surface area contributed by atoms with Crippen molar-refractivity contribution >= 4 is 32.4 Å². The van der Waals surface area contributed by atoms with Crippen molar-refractivity contribution in [2.24, 2.45) is 0 Å². The molecule has 0 unspecified atom stereocenters. The number of anilines is 1. The van der Waals surface area contributed by atoms with Gasteiger partial charge in [-0.05, 0) is 23.8 Å². The van der Waals surface area contributed by atoms with Gasteiger partial charge >= 0.3 is 0 Å². The molecule has 3 rings (SSSR count). The quantitative estimate of drug-likeness (QED) is 0.540. The highest BCUT2D eigenvalue weighted by molar-refractivity contribution is 7.22. The second-order valence-corrected chi connectivity index (χ2v) is 6.00. The van der Waals surface area contributed by atoms with Crippen LogP contribution in [0.3, 0.4) is 0 Å². The monoisotopic (exact) mass is 345 g/mol. The highest BCUT2D eigenvalue weighted by Gasteiger charge is 2.10. The predicted molar refractivity (Wildman–Crippen MR) is 93.1 cm³/mol. The van der Waals surface area contributed by atoms with E-state index in [0.29, 0.717) is 23.2 Å². The van der Waals surface area contributed by atoms with Crippen molar-refractivity contribution in [3.63, 3.8) is 0 Å². The zero-order valence-corrected chi connectivity index (χ0v) is 13.9. The van der Waals surface area contributed by atoms with Gasteiger partial charge in [-0.2, -0.15) is 0 Å². The van der Waals surface area contributed by atoms with Gasteiger partial charge in [0.05, 0.1) is 29.4 Å². The topological polar surface area (TPSA) is 86.5 Å². The van der Waals surface area contributed by atoms with Gasteiger partial charge in [0.25, 0.3) is 5.69 Å². The number of rotatable bonds is 6. The van der Waals surface area contributed by atoms with E-state index in [4.69, 9.17) is 9.47 Å². The Kier molecular flexibility index (Phi) is 4.48. The second kappa shape index (κ2) is 6.71. The van der Waals surface area contributed by atoms with Crippen molar-refractivity contribution in [2.75, 3.05) is 19.5 Å². The van der Waals surface area contributed by atoms with E-state index in [1.165, 1.54) is 23.5 Å². The Morgan fingerprint density at radius 2 is 1.96 bits per heavy atom. The van der Waals surface area contributed by atoms with Crippen LogP contribution in [0.5, 0.6) is 11.5 Å². The number of hydrogen-bond donors (Lipinski definition) is 1. The zero-order chi connectivity index (χ0) is 17.1. The van der Waals surface area contributed by atoms with Crippen LogP contribution in [0.25, 0.3) is 10.2 Å². The van der Waals surface area contributed by atoms with Gasteiger partial charge in [-0.15, -0.1) is 0 Å². The molecule has 0 aliphatic heterocycles. The Morgan fingerprint density at radius 3 is 2.67 bits per heavy atom. The molecule has 0 spiro atoms. The summed E-state index contributed by atoms with van der Waals surface area (Å²) in [4.78, 5) is 14.9. The third-order valence-electron chi connectivity index (χ3n) is 3.47. The minimum absolute atomic E-state index is 0.0672. The number of nitro groups is 1. The van der Waals surface area contributed by atoms with Crippen molar-refractivity contribution in [2.45, 2.75) is 6.54 Å². The molecule has 7 nitrogen and oxygen atoms in total. The van der Waals surface area contributed by atoms with E-state index in [1.54, 1.807) is 20.3 Å². The van der Waals surface area contributed by atoms with Crippen LogP contribution in [-0.2, 0) is 6.54 Å². The molecule has 0 aliphatic rings. The molecule has 0 saturated heterocycles. The summed E-state index contributed by atoms with van der Waals surface area (Å²) in [6, 6.07) is 10.3. The van der Waals surface area contributed by atoms with E-state index in [1.807, 2.05) is 18.2 Å². The standard InChI is InChI=1S/C16H15N3O4S/c1-22-13-6-3-10(7-14(13)23-2)9-17-16-18-12-5-4-11(19(20)21)8-15(12)24-16/h3-8H,9H2,1-2H3,(H,17,18). The van der Waals surface area contributed by atoms with Crippen LogP contribution in [-0.4, -0.2) is 24.1 Å². The van der Waals surface area contributed by atoms with E-state index in [0.717, 1.165) is 15.8 Å². The van der Waals surface area contributed by atoms with E-state index in [2.05, 4.69) is 10.3 Å². The number of benzene rings is 2. The van der Waals surface area contributed by atoms with Crippen LogP contribution >= 0.6 is 11.3 Å². The largest absolute Gasteiger partial charge is 0.493 e. The van der Waals surface area contributed by atoms with Crippen molar-refractivity contribution in [3.8, 4) is 11.5 Å². The van der Waals surface area contributed by atoms with Gasteiger partial charge < -0.3 is 14.8 Å². The number of nitrogens with one attached hydrogen (secondary N) is 1. The summed E-state index contributed by atoms with van der Waals surface area (Å²) in [5, 5.41) is 14.8. The van der Waals surface area contributed by atoms with Gasteiger partial charge in [0.2, 0.25) is 0 Å². The molecule has 0 fully saturated rings. The van der Waals surface area contributed by atoms with Crippen LogP contribution in [0.1, 0.15) is 5.56 Å². The lowest BCUT2D eigenvalue weighted by Gasteiger charge is -2.09. The van der Waals surface area contributed by atoms with Gasteiger partial charge in [0, 0.05) is 18.7 Å². The number of hydrogen-bond acceptors (Lipinski definition) is 7. The van der Waals surface area contributed by atoms with Crippen molar-refractivity contribution in [3.05, 3.63) is 52.1 Å². The van der Waals surface area contributed by atoms with Crippen LogP contribution in [0.4, 0.5) is 10.8 Å². The lowest BCUT2D eigenvalue weighted by molar-refractivity contribution is -0.384. The summed E-state index contributed by atoms with van der Waals surface area (Å²) in [5.74, 6) is 1.34. The van der Waals surface area contributed by atoms with Gasteiger partial charge in [-0.25, -0.2) is 4.98 Å². The molecule has 0 bridgehead atoms. The fraction of sp³-hybridized carbons (Fsp3) is 0.188. The molecule has 0 radical (unpaired) electrons. The first-order valence-electron chi connectivity index (χ1n) is 7.10. The minimum atomic E-state index is -0.407. The summed E-state index contributed by atoms with van der Waals surface area (Å²) in [6.45, 7) is 0.558. The van der Waals surface area contributed by atoms with E-state index < -0.39 is 4.92 Å². The molecule has 1 heterocycles. The molecule has 1 aromatic heterocycles.